The molecule has 1 amide bonds. The number of alkyl carbamates (subject to hydrolysis) is 1. The number of ether oxygens (including phenoxy) is 1. The van der Waals surface area contributed by atoms with Gasteiger partial charge in [-0.25, -0.2) is 9.18 Å². The van der Waals surface area contributed by atoms with Gasteiger partial charge in [0.1, 0.15) is 11.4 Å². The summed E-state index contributed by atoms with van der Waals surface area (Å²) in [6.07, 6.45) is -0.435. The predicted molar refractivity (Wildman–Crippen MR) is 104 cm³/mol. The molecule has 2 aromatic rings. The van der Waals surface area contributed by atoms with Crippen molar-refractivity contribution >= 4 is 6.09 Å². The van der Waals surface area contributed by atoms with E-state index in [9.17, 15) is 9.18 Å². The fourth-order valence-corrected chi connectivity index (χ4v) is 3.54. The summed E-state index contributed by atoms with van der Waals surface area (Å²) < 4.78 is 19.2. The van der Waals surface area contributed by atoms with Gasteiger partial charge in [-0.3, -0.25) is 4.90 Å². The standard InChI is InChI=1S/C22H27FN2O2/c1-22(2,3)27-21(26)24-20-15-25(13-16-8-5-4-6-9-16)14-19(20)17-10-7-11-18(23)12-17/h4-12,19-20H,13-15H2,1-3H3,(H,24,26). The molecule has 1 fully saturated rings. The zero-order valence-corrected chi connectivity index (χ0v) is 16.1. The van der Waals surface area contributed by atoms with Crippen LogP contribution in [0.3, 0.4) is 0 Å². The number of nitrogens with zero attached hydrogens (tertiary/aromatic N) is 1. The number of halogens is 1. The molecular weight excluding hydrogens is 343 g/mol. The number of rotatable bonds is 4. The first kappa shape index (κ1) is 19.4. The molecule has 27 heavy (non-hydrogen) atoms. The third-order valence-corrected chi connectivity index (χ3v) is 4.62. The summed E-state index contributed by atoms with van der Waals surface area (Å²) in [7, 11) is 0. The van der Waals surface area contributed by atoms with Gasteiger partial charge >= 0.3 is 6.09 Å². The average Bonchev–Trinajstić information content (AvgIpc) is 2.96. The Labute approximate surface area is 160 Å². The molecule has 1 aliphatic rings. The minimum absolute atomic E-state index is 0.0110. The van der Waals surface area contributed by atoms with E-state index in [0.717, 1.165) is 18.7 Å². The highest BCUT2D eigenvalue weighted by Gasteiger charge is 2.35. The van der Waals surface area contributed by atoms with Crippen LogP contribution in [-0.2, 0) is 11.3 Å². The lowest BCUT2D eigenvalue weighted by atomic mass is 9.94. The molecule has 0 bridgehead atoms. The van der Waals surface area contributed by atoms with Gasteiger partial charge in [0.05, 0.1) is 6.04 Å². The summed E-state index contributed by atoms with van der Waals surface area (Å²) in [4.78, 5) is 14.6. The van der Waals surface area contributed by atoms with E-state index in [0.29, 0.717) is 6.54 Å². The van der Waals surface area contributed by atoms with Crippen molar-refractivity contribution in [1.29, 1.82) is 0 Å². The number of benzene rings is 2. The van der Waals surface area contributed by atoms with Crippen molar-refractivity contribution in [3.8, 4) is 0 Å². The molecule has 2 unspecified atom stereocenters. The monoisotopic (exact) mass is 370 g/mol. The van der Waals surface area contributed by atoms with E-state index in [4.69, 9.17) is 4.74 Å². The lowest BCUT2D eigenvalue weighted by Crippen LogP contribution is -2.42. The van der Waals surface area contributed by atoms with E-state index in [1.54, 1.807) is 12.1 Å². The number of carbonyl (C=O) groups excluding carboxylic acids is 1. The van der Waals surface area contributed by atoms with Gasteiger partial charge < -0.3 is 10.1 Å². The first-order valence-electron chi connectivity index (χ1n) is 9.31. The molecule has 3 rings (SSSR count). The van der Waals surface area contributed by atoms with Gasteiger partial charge in [0.25, 0.3) is 0 Å². The smallest absolute Gasteiger partial charge is 0.407 e. The van der Waals surface area contributed by atoms with Crippen LogP contribution in [0.15, 0.2) is 54.6 Å². The van der Waals surface area contributed by atoms with Crippen LogP contribution in [0.2, 0.25) is 0 Å². The Kier molecular flexibility index (Phi) is 5.80. The Morgan fingerprint density at radius 2 is 1.89 bits per heavy atom. The highest BCUT2D eigenvalue weighted by Crippen LogP contribution is 2.29. The van der Waals surface area contributed by atoms with Gasteiger partial charge in [-0.05, 0) is 44.0 Å². The Morgan fingerprint density at radius 3 is 2.56 bits per heavy atom. The second kappa shape index (κ2) is 8.09. The molecule has 4 nitrogen and oxygen atoms in total. The number of likely N-dealkylation sites (tertiary alicyclic amines) is 1. The molecule has 1 heterocycles. The van der Waals surface area contributed by atoms with Crippen molar-refractivity contribution in [2.24, 2.45) is 0 Å². The molecule has 0 saturated carbocycles. The van der Waals surface area contributed by atoms with Gasteiger partial charge in [0.2, 0.25) is 0 Å². The molecule has 0 radical (unpaired) electrons. The van der Waals surface area contributed by atoms with Crippen LogP contribution in [-0.4, -0.2) is 35.7 Å². The van der Waals surface area contributed by atoms with Crippen molar-refractivity contribution in [3.63, 3.8) is 0 Å². The van der Waals surface area contributed by atoms with Gasteiger partial charge in [-0.15, -0.1) is 0 Å². The summed E-state index contributed by atoms with van der Waals surface area (Å²) in [5.74, 6) is -0.248. The van der Waals surface area contributed by atoms with E-state index in [1.165, 1.54) is 11.6 Å². The molecule has 144 valence electrons. The summed E-state index contributed by atoms with van der Waals surface area (Å²) in [6, 6.07) is 16.7. The summed E-state index contributed by atoms with van der Waals surface area (Å²) in [5.41, 5.74) is 1.56. The molecular formula is C22H27FN2O2. The highest BCUT2D eigenvalue weighted by molar-refractivity contribution is 5.68. The second-order valence-corrected chi connectivity index (χ2v) is 8.09. The number of hydrogen-bond acceptors (Lipinski definition) is 3. The number of amides is 1. The molecule has 1 aliphatic heterocycles. The maximum absolute atomic E-state index is 13.8. The van der Waals surface area contributed by atoms with Crippen LogP contribution in [0.5, 0.6) is 0 Å². The third-order valence-electron chi connectivity index (χ3n) is 4.62. The molecule has 0 spiro atoms. The molecule has 2 aromatic carbocycles. The lowest BCUT2D eigenvalue weighted by Gasteiger charge is -2.24. The Hall–Kier alpha value is -2.40. The molecule has 0 aromatic heterocycles. The van der Waals surface area contributed by atoms with Crippen molar-refractivity contribution < 1.29 is 13.9 Å². The largest absolute Gasteiger partial charge is 0.444 e. The van der Waals surface area contributed by atoms with E-state index in [-0.39, 0.29) is 17.8 Å². The Balaban J connectivity index is 1.75. The maximum atomic E-state index is 13.8. The zero-order valence-electron chi connectivity index (χ0n) is 16.1. The van der Waals surface area contributed by atoms with Crippen molar-refractivity contribution in [1.82, 2.24) is 10.2 Å². The first-order valence-corrected chi connectivity index (χ1v) is 9.31. The summed E-state index contributed by atoms with van der Waals surface area (Å²) in [6.45, 7) is 7.75. The topological polar surface area (TPSA) is 41.6 Å². The van der Waals surface area contributed by atoms with E-state index >= 15 is 0 Å². The maximum Gasteiger partial charge on any atom is 0.407 e. The zero-order chi connectivity index (χ0) is 19.4. The quantitative estimate of drug-likeness (QED) is 0.872. The average molecular weight is 370 g/mol. The van der Waals surface area contributed by atoms with Crippen molar-refractivity contribution in [2.45, 2.75) is 44.9 Å². The molecule has 0 aliphatic carbocycles. The third kappa shape index (κ3) is 5.54. The van der Waals surface area contributed by atoms with Crippen LogP contribution < -0.4 is 5.32 Å². The number of nitrogens with one attached hydrogen (secondary N) is 1. The van der Waals surface area contributed by atoms with Crippen molar-refractivity contribution in [2.75, 3.05) is 13.1 Å². The Bertz CT molecular complexity index is 773. The predicted octanol–water partition coefficient (Wildman–Crippen LogP) is 4.32. The Morgan fingerprint density at radius 1 is 1.15 bits per heavy atom. The lowest BCUT2D eigenvalue weighted by molar-refractivity contribution is 0.0502. The van der Waals surface area contributed by atoms with Crippen LogP contribution >= 0.6 is 0 Å². The van der Waals surface area contributed by atoms with E-state index in [2.05, 4.69) is 22.3 Å². The van der Waals surface area contributed by atoms with Crippen LogP contribution in [0.25, 0.3) is 0 Å². The highest BCUT2D eigenvalue weighted by atomic mass is 19.1. The van der Waals surface area contributed by atoms with Crippen LogP contribution in [0.4, 0.5) is 9.18 Å². The van der Waals surface area contributed by atoms with Gasteiger partial charge in [-0.1, -0.05) is 42.5 Å². The molecule has 1 N–H and O–H groups in total. The summed E-state index contributed by atoms with van der Waals surface area (Å²) >= 11 is 0. The molecule has 5 heteroatoms. The number of hydrogen-bond donors (Lipinski definition) is 1. The van der Waals surface area contributed by atoms with Crippen LogP contribution in [0, 0.1) is 5.82 Å². The van der Waals surface area contributed by atoms with E-state index < -0.39 is 11.7 Å². The minimum Gasteiger partial charge on any atom is -0.444 e. The second-order valence-electron chi connectivity index (χ2n) is 8.09. The fourth-order valence-electron chi connectivity index (χ4n) is 3.54. The molecule has 2 atom stereocenters. The minimum atomic E-state index is -0.555. The van der Waals surface area contributed by atoms with Gasteiger partial charge in [0.15, 0.2) is 0 Å². The number of carbonyl (C=O) groups is 1. The van der Waals surface area contributed by atoms with Gasteiger partial charge in [0, 0.05) is 25.6 Å². The van der Waals surface area contributed by atoms with E-state index in [1.807, 2.05) is 45.0 Å². The first-order chi connectivity index (χ1) is 12.8. The van der Waals surface area contributed by atoms with Crippen LogP contribution in [0.1, 0.15) is 37.8 Å². The molecule has 1 saturated heterocycles. The SMILES string of the molecule is CC(C)(C)OC(=O)NC1CN(Cc2ccccc2)CC1c1cccc(F)c1. The normalized spacial score (nSPS) is 20.4. The van der Waals surface area contributed by atoms with Gasteiger partial charge in [-0.2, -0.15) is 0 Å². The van der Waals surface area contributed by atoms with Crippen molar-refractivity contribution in [3.05, 3.63) is 71.5 Å². The fraction of sp³-hybridized carbons (Fsp3) is 0.409. The summed E-state index contributed by atoms with van der Waals surface area (Å²) in [5, 5.41) is 2.99.